The number of halogens is 2. The highest BCUT2D eigenvalue weighted by atomic mass is 35.5. The number of hydrogen-bond donors (Lipinski definition) is 0. The van der Waals surface area contributed by atoms with Gasteiger partial charge in [-0.15, -0.1) is 5.10 Å². The van der Waals surface area contributed by atoms with Crippen molar-refractivity contribution in [1.82, 2.24) is 14.5 Å². The first kappa shape index (κ1) is 17.3. The summed E-state index contributed by atoms with van der Waals surface area (Å²) in [5, 5.41) is 20.1. The number of hydrogen-bond acceptors (Lipinski definition) is 6. The van der Waals surface area contributed by atoms with Gasteiger partial charge in [-0.2, -0.15) is 9.78 Å². The van der Waals surface area contributed by atoms with Crippen LogP contribution >= 0.6 is 35.4 Å². The van der Waals surface area contributed by atoms with E-state index in [9.17, 15) is 10.1 Å². The molecule has 0 saturated heterocycles. The lowest BCUT2D eigenvalue weighted by Gasteiger charge is -2.03. The lowest BCUT2D eigenvalue weighted by atomic mass is 10.2. The van der Waals surface area contributed by atoms with Crippen molar-refractivity contribution in [3.05, 3.63) is 61.0 Å². The Morgan fingerprint density at radius 2 is 2.12 bits per heavy atom. The van der Waals surface area contributed by atoms with Crippen molar-refractivity contribution in [3.8, 4) is 11.4 Å². The van der Waals surface area contributed by atoms with Gasteiger partial charge in [0.2, 0.25) is 4.77 Å². The maximum Gasteiger partial charge on any atom is 0.433 e. The lowest BCUT2D eigenvalue weighted by Crippen LogP contribution is -1.95. The molecule has 0 unspecified atom stereocenters. The largest absolute Gasteiger partial charge is 0.433 e. The van der Waals surface area contributed by atoms with Gasteiger partial charge < -0.3 is 4.42 Å². The minimum Gasteiger partial charge on any atom is -0.400 e. The van der Waals surface area contributed by atoms with Gasteiger partial charge in [-0.25, -0.2) is 4.68 Å². The second-order valence-electron chi connectivity index (χ2n) is 4.84. The summed E-state index contributed by atoms with van der Waals surface area (Å²) in [6, 6.07) is 7.60. The minimum atomic E-state index is -0.635. The average molecular weight is 398 g/mol. The Morgan fingerprint density at radius 1 is 1.36 bits per heavy atom. The Hall–Kier alpha value is -2.49. The molecule has 0 spiro atoms. The molecule has 0 atom stereocenters. The van der Waals surface area contributed by atoms with E-state index in [1.54, 1.807) is 25.2 Å². The fraction of sp³-hybridized carbons (Fsp3) is 0.0714. The minimum absolute atomic E-state index is 0.195. The van der Waals surface area contributed by atoms with E-state index in [-0.39, 0.29) is 11.6 Å². The van der Waals surface area contributed by atoms with Gasteiger partial charge in [0.1, 0.15) is 4.92 Å². The van der Waals surface area contributed by atoms with Crippen LogP contribution in [0.2, 0.25) is 10.0 Å². The van der Waals surface area contributed by atoms with Crippen LogP contribution in [0, 0.1) is 14.9 Å². The molecule has 0 saturated carbocycles. The van der Waals surface area contributed by atoms with Crippen molar-refractivity contribution in [2.75, 3.05) is 0 Å². The average Bonchev–Trinajstić information content (AvgIpc) is 3.14. The predicted molar refractivity (Wildman–Crippen MR) is 95.8 cm³/mol. The molecular formula is C14H9Cl2N5O3S. The van der Waals surface area contributed by atoms with E-state index in [1.165, 1.54) is 27.7 Å². The third-order valence-corrected chi connectivity index (χ3v) is 4.17. The molecule has 0 aliphatic carbocycles. The maximum absolute atomic E-state index is 10.7. The molecule has 0 N–H and O–H groups in total. The Labute approximate surface area is 156 Å². The Bertz CT molecular complexity index is 1050. The molecule has 8 nitrogen and oxygen atoms in total. The van der Waals surface area contributed by atoms with E-state index in [0.717, 1.165) is 0 Å². The lowest BCUT2D eigenvalue weighted by molar-refractivity contribution is -0.402. The molecule has 3 aromatic rings. The fourth-order valence-electron chi connectivity index (χ4n) is 2.02. The highest BCUT2D eigenvalue weighted by Crippen LogP contribution is 2.29. The monoisotopic (exact) mass is 397 g/mol. The van der Waals surface area contributed by atoms with Crippen molar-refractivity contribution in [3.63, 3.8) is 0 Å². The maximum atomic E-state index is 10.7. The predicted octanol–water partition coefficient (Wildman–Crippen LogP) is 4.31. The Kier molecular flexibility index (Phi) is 4.71. The quantitative estimate of drug-likeness (QED) is 0.283. The van der Waals surface area contributed by atoms with Crippen LogP contribution in [0.15, 0.2) is 39.9 Å². The summed E-state index contributed by atoms with van der Waals surface area (Å²) < 4.78 is 8.14. The first-order valence-electron chi connectivity index (χ1n) is 6.77. The topological polar surface area (TPSA) is 91.4 Å². The smallest absolute Gasteiger partial charge is 0.400 e. The van der Waals surface area contributed by atoms with Crippen LogP contribution in [0.5, 0.6) is 0 Å². The molecule has 2 heterocycles. The fourth-order valence-corrected chi connectivity index (χ4v) is 2.57. The van der Waals surface area contributed by atoms with Crippen molar-refractivity contribution in [2.45, 2.75) is 0 Å². The number of benzene rings is 1. The Balaban J connectivity index is 2.07. The molecule has 0 amide bonds. The van der Waals surface area contributed by atoms with Gasteiger partial charge in [-0.3, -0.25) is 10.1 Å². The van der Waals surface area contributed by atoms with E-state index >= 15 is 0 Å². The second kappa shape index (κ2) is 6.79. The molecule has 2 aromatic heterocycles. The summed E-state index contributed by atoms with van der Waals surface area (Å²) in [5.74, 6) is 0.187. The molecule has 128 valence electrons. The molecule has 3 rings (SSSR count). The van der Waals surface area contributed by atoms with Gasteiger partial charge in [0.15, 0.2) is 11.6 Å². The molecule has 0 fully saturated rings. The zero-order valence-electron chi connectivity index (χ0n) is 12.6. The molecule has 25 heavy (non-hydrogen) atoms. The van der Waals surface area contributed by atoms with Gasteiger partial charge in [-0.1, -0.05) is 23.2 Å². The standard InChI is InChI=1S/C14H9Cl2N5O3S/c1-19-14(25)20(17-7-9-3-5-12(24-9)21(22)23)13(18-19)10-6-8(15)2-4-11(10)16/h2-7H,1H3/b17-7+. The molecular weight excluding hydrogens is 389 g/mol. The van der Waals surface area contributed by atoms with Crippen LogP contribution in [0.25, 0.3) is 11.4 Å². The third-order valence-electron chi connectivity index (χ3n) is 3.17. The van der Waals surface area contributed by atoms with Gasteiger partial charge >= 0.3 is 5.88 Å². The van der Waals surface area contributed by atoms with Crippen molar-refractivity contribution >= 4 is 47.5 Å². The first-order valence-corrected chi connectivity index (χ1v) is 7.93. The van der Waals surface area contributed by atoms with Gasteiger partial charge in [-0.05, 0) is 36.5 Å². The van der Waals surface area contributed by atoms with Crippen LogP contribution in [-0.4, -0.2) is 25.6 Å². The second-order valence-corrected chi connectivity index (χ2v) is 6.05. The van der Waals surface area contributed by atoms with Crippen LogP contribution in [0.3, 0.4) is 0 Å². The van der Waals surface area contributed by atoms with Gasteiger partial charge in [0.05, 0.1) is 17.3 Å². The van der Waals surface area contributed by atoms with E-state index in [4.69, 9.17) is 39.8 Å². The molecule has 0 aliphatic heterocycles. The summed E-state index contributed by atoms with van der Waals surface area (Å²) in [6.45, 7) is 0. The first-order chi connectivity index (χ1) is 11.9. The summed E-state index contributed by atoms with van der Waals surface area (Å²) in [4.78, 5) is 10.0. The van der Waals surface area contributed by atoms with E-state index < -0.39 is 4.92 Å². The number of aryl methyl sites for hydroxylation is 1. The van der Waals surface area contributed by atoms with Crippen LogP contribution in [0.4, 0.5) is 5.88 Å². The molecule has 0 radical (unpaired) electrons. The van der Waals surface area contributed by atoms with Crippen LogP contribution in [0.1, 0.15) is 5.76 Å². The number of furan rings is 1. The number of rotatable bonds is 4. The highest BCUT2D eigenvalue weighted by molar-refractivity contribution is 7.71. The molecule has 0 bridgehead atoms. The number of nitro groups is 1. The van der Waals surface area contributed by atoms with E-state index in [0.29, 0.717) is 26.2 Å². The van der Waals surface area contributed by atoms with Crippen LogP contribution in [-0.2, 0) is 7.05 Å². The zero-order chi connectivity index (χ0) is 18.1. The van der Waals surface area contributed by atoms with E-state index in [2.05, 4.69) is 10.2 Å². The molecule has 11 heteroatoms. The summed E-state index contributed by atoms with van der Waals surface area (Å²) in [7, 11) is 1.66. The molecule has 1 aromatic carbocycles. The highest BCUT2D eigenvalue weighted by Gasteiger charge is 2.15. The summed E-state index contributed by atoms with van der Waals surface area (Å²) in [5.41, 5.74) is 0.545. The van der Waals surface area contributed by atoms with Crippen LogP contribution < -0.4 is 0 Å². The van der Waals surface area contributed by atoms with E-state index in [1.807, 2.05) is 0 Å². The summed E-state index contributed by atoms with van der Waals surface area (Å²) >= 11 is 17.5. The van der Waals surface area contributed by atoms with Gasteiger partial charge in [0, 0.05) is 17.6 Å². The Morgan fingerprint density at radius 3 is 2.80 bits per heavy atom. The van der Waals surface area contributed by atoms with Gasteiger partial charge in [0.25, 0.3) is 0 Å². The summed E-state index contributed by atoms with van der Waals surface area (Å²) in [6.07, 6.45) is 1.30. The van der Waals surface area contributed by atoms with Crippen molar-refractivity contribution in [1.29, 1.82) is 0 Å². The normalized spacial score (nSPS) is 11.3. The SMILES string of the molecule is Cn1nc(-c2cc(Cl)ccc2Cl)n(/N=C/c2ccc([N+](=O)[O-])o2)c1=S. The molecule has 0 aliphatic rings. The number of nitrogens with zero attached hydrogens (tertiary/aromatic N) is 5. The van der Waals surface area contributed by atoms with Crippen molar-refractivity contribution in [2.24, 2.45) is 12.1 Å². The number of aromatic nitrogens is 3. The zero-order valence-corrected chi connectivity index (χ0v) is 14.9. The van der Waals surface area contributed by atoms with Crippen molar-refractivity contribution < 1.29 is 9.34 Å². The third kappa shape index (κ3) is 3.48.